The molecule has 0 amide bonds. The Bertz CT molecular complexity index is 872. The Balaban J connectivity index is 1.86. The number of halogens is 1. The summed E-state index contributed by atoms with van der Waals surface area (Å²) in [5, 5.41) is 1.27. The number of fused-ring (bicyclic) bond motifs is 1. The van der Waals surface area contributed by atoms with Gasteiger partial charge in [-0.2, -0.15) is 4.31 Å². The molecule has 0 spiro atoms. The van der Waals surface area contributed by atoms with E-state index in [1.807, 2.05) is 24.3 Å². The topological polar surface area (TPSA) is 50.3 Å². The molecular formula is C15H13ClN2O2S2. The summed E-state index contributed by atoms with van der Waals surface area (Å²) < 4.78 is 27.4. The van der Waals surface area contributed by atoms with Gasteiger partial charge in [0.2, 0.25) is 10.0 Å². The number of hydrogen-bond acceptors (Lipinski definition) is 4. The number of thiazole rings is 1. The fraction of sp³-hybridized carbons (Fsp3) is 0.133. The predicted molar refractivity (Wildman–Crippen MR) is 89.7 cm³/mol. The minimum Gasteiger partial charge on any atom is -0.240 e. The van der Waals surface area contributed by atoms with Crippen LogP contribution in [0.25, 0.3) is 10.2 Å². The molecule has 7 heteroatoms. The third-order valence-corrected chi connectivity index (χ3v) is 6.31. The zero-order chi connectivity index (χ0) is 15.7. The van der Waals surface area contributed by atoms with Crippen LogP contribution in [0.3, 0.4) is 0 Å². The lowest BCUT2D eigenvalue weighted by molar-refractivity contribution is 0.466. The fourth-order valence-corrected chi connectivity index (χ4v) is 4.41. The van der Waals surface area contributed by atoms with Gasteiger partial charge >= 0.3 is 0 Å². The predicted octanol–water partition coefficient (Wildman–Crippen LogP) is 3.77. The number of sulfonamides is 1. The Morgan fingerprint density at radius 2 is 1.82 bits per heavy atom. The third-order valence-electron chi connectivity index (χ3n) is 3.22. The summed E-state index contributed by atoms with van der Waals surface area (Å²) in [7, 11) is -2.00. The molecule has 0 atom stereocenters. The maximum atomic E-state index is 12.5. The van der Waals surface area contributed by atoms with Crippen molar-refractivity contribution in [2.45, 2.75) is 11.4 Å². The molecule has 1 heterocycles. The van der Waals surface area contributed by atoms with Gasteiger partial charge in [0.15, 0.2) is 0 Å². The Kier molecular flexibility index (Phi) is 4.18. The molecule has 114 valence electrons. The van der Waals surface area contributed by atoms with Crippen LogP contribution >= 0.6 is 22.9 Å². The Morgan fingerprint density at radius 1 is 1.14 bits per heavy atom. The molecule has 0 bridgehead atoms. The Hall–Kier alpha value is -1.47. The highest BCUT2D eigenvalue weighted by Gasteiger charge is 2.22. The molecule has 3 rings (SSSR count). The monoisotopic (exact) mass is 352 g/mol. The van der Waals surface area contributed by atoms with E-state index < -0.39 is 10.0 Å². The van der Waals surface area contributed by atoms with Gasteiger partial charge in [0, 0.05) is 12.1 Å². The molecule has 1 aromatic heterocycles. The van der Waals surface area contributed by atoms with Crippen molar-refractivity contribution in [2.24, 2.45) is 0 Å². The molecule has 0 fully saturated rings. The number of benzene rings is 2. The van der Waals surface area contributed by atoms with E-state index in [0.29, 0.717) is 5.02 Å². The van der Waals surface area contributed by atoms with Crippen molar-refractivity contribution in [3.63, 3.8) is 0 Å². The summed E-state index contributed by atoms with van der Waals surface area (Å²) in [5.41, 5.74) is 0.889. The number of aromatic nitrogens is 1. The fourth-order valence-electron chi connectivity index (χ4n) is 2.05. The molecule has 0 aliphatic heterocycles. The van der Waals surface area contributed by atoms with Crippen LogP contribution in [0.4, 0.5) is 0 Å². The number of nitrogens with zero attached hydrogens (tertiary/aromatic N) is 2. The average molecular weight is 353 g/mol. The molecule has 0 N–H and O–H groups in total. The van der Waals surface area contributed by atoms with Crippen molar-refractivity contribution in [3.8, 4) is 0 Å². The van der Waals surface area contributed by atoms with Gasteiger partial charge in [0.1, 0.15) is 5.01 Å². The first-order chi connectivity index (χ1) is 10.5. The Morgan fingerprint density at radius 3 is 2.50 bits per heavy atom. The molecule has 0 aliphatic carbocycles. The first kappa shape index (κ1) is 15.4. The van der Waals surface area contributed by atoms with Crippen LogP contribution in [0, 0.1) is 0 Å². The van der Waals surface area contributed by atoms with Gasteiger partial charge in [-0.15, -0.1) is 11.3 Å². The molecule has 2 aromatic carbocycles. The van der Waals surface area contributed by atoms with Crippen molar-refractivity contribution in [1.29, 1.82) is 0 Å². The number of hydrogen-bond donors (Lipinski definition) is 0. The lowest BCUT2D eigenvalue weighted by atomic mass is 10.3. The van der Waals surface area contributed by atoms with E-state index in [0.717, 1.165) is 15.2 Å². The van der Waals surface area contributed by atoms with E-state index in [4.69, 9.17) is 11.6 Å². The minimum atomic E-state index is -3.55. The molecule has 3 aromatic rings. The molecule has 4 nitrogen and oxygen atoms in total. The summed E-state index contributed by atoms with van der Waals surface area (Å²) >= 11 is 7.30. The second kappa shape index (κ2) is 5.96. The highest BCUT2D eigenvalue weighted by atomic mass is 35.5. The summed E-state index contributed by atoms with van der Waals surface area (Å²) in [6.07, 6.45) is 0. The van der Waals surface area contributed by atoms with Gasteiger partial charge in [-0.1, -0.05) is 23.7 Å². The van der Waals surface area contributed by atoms with Crippen LogP contribution < -0.4 is 0 Å². The van der Waals surface area contributed by atoms with E-state index in [2.05, 4.69) is 4.98 Å². The third kappa shape index (κ3) is 3.01. The molecular weight excluding hydrogens is 340 g/mol. The number of rotatable bonds is 4. The van der Waals surface area contributed by atoms with E-state index in [-0.39, 0.29) is 11.4 Å². The molecule has 22 heavy (non-hydrogen) atoms. The van der Waals surface area contributed by atoms with Crippen LogP contribution in [-0.4, -0.2) is 24.8 Å². The number of para-hydroxylation sites is 1. The van der Waals surface area contributed by atoms with Crippen molar-refractivity contribution in [3.05, 3.63) is 58.6 Å². The lowest BCUT2D eigenvalue weighted by Gasteiger charge is -2.15. The normalized spacial score (nSPS) is 12.1. The van der Waals surface area contributed by atoms with Crippen LogP contribution in [0.5, 0.6) is 0 Å². The standard InChI is InChI=1S/C15H13ClN2O2S2/c1-18(22(19,20)12-8-6-11(16)7-9-12)10-15-17-13-4-2-3-5-14(13)21-15/h2-9H,10H2,1H3. The van der Waals surface area contributed by atoms with Gasteiger partial charge in [-0.3, -0.25) is 0 Å². The largest absolute Gasteiger partial charge is 0.243 e. The summed E-state index contributed by atoms with van der Waals surface area (Å²) in [5.74, 6) is 0. The Labute approximate surface area is 138 Å². The maximum absolute atomic E-state index is 12.5. The summed E-state index contributed by atoms with van der Waals surface area (Å²) in [6, 6.07) is 13.9. The molecule has 0 saturated heterocycles. The van der Waals surface area contributed by atoms with Crippen LogP contribution in [0.2, 0.25) is 5.02 Å². The van der Waals surface area contributed by atoms with Gasteiger partial charge < -0.3 is 0 Å². The van der Waals surface area contributed by atoms with Gasteiger partial charge in [-0.25, -0.2) is 13.4 Å². The average Bonchev–Trinajstić information content (AvgIpc) is 2.89. The van der Waals surface area contributed by atoms with E-state index in [9.17, 15) is 8.42 Å². The second-order valence-corrected chi connectivity index (χ2v) is 8.39. The quantitative estimate of drug-likeness (QED) is 0.718. The molecule has 0 unspecified atom stereocenters. The van der Waals surface area contributed by atoms with Gasteiger partial charge in [-0.05, 0) is 36.4 Å². The smallest absolute Gasteiger partial charge is 0.240 e. The summed E-state index contributed by atoms with van der Waals surface area (Å²) in [6.45, 7) is 0.240. The lowest BCUT2D eigenvalue weighted by Crippen LogP contribution is -2.26. The van der Waals surface area contributed by atoms with Crippen molar-refractivity contribution in [2.75, 3.05) is 7.05 Å². The first-order valence-corrected chi connectivity index (χ1v) is 9.16. The minimum absolute atomic E-state index is 0.223. The molecule has 0 saturated carbocycles. The molecule has 0 aliphatic rings. The zero-order valence-electron chi connectivity index (χ0n) is 11.7. The molecule has 0 radical (unpaired) electrons. The van der Waals surface area contributed by atoms with Crippen molar-refractivity contribution in [1.82, 2.24) is 9.29 Å². The van der Waals surface area contributed by atoms with Gasteiger partial charge in [0.25, 0.3) is 0 Å². The summed E-state index contributed by atoms with van der Waals surface area (Å²) in [4.78, 5) is 4.69. The van der Waals surface area contributed by atoms with Gasteiger partial charge in [0.05, 0.1) is 21.7 Å². The van der Waals surface area contributed by atoms with E-state index >= 15 is 0 Å². The zero-order valence-corrected chi connectivity index (χ0v) is 14.1. The highest BCUT2D eigenvalue weighted by Crippen LogP contribution is 2.24. The first-order valence-electron chi connectivity index (χ1n) is 6.53. The van der Waals surface area contributed by atoms with Crippen molar-refractivity contribution >= 4 is 43.2 Å². The highest BCUT2D eigenvalue weighted by molar-refractivity contribution is 7.89. The maximum Gasteiger partial charge on any atom is 0.243 e. The SMILES string of the molecule is CN(Cc1nc2ccccc2s1)S(=O)(=O)c1ccc(Cl)cc1. The second-order valence-electron chi connectivity index (χ2n) is 4.79. The van der Waals surface area contributed by atoms with Crippen LogP contribution in [0.15, 0.2) is 53.4 Å². The van der Waals surface area contributed by atoms with Crippen LogP contribution in [-0.2, 0) is 16.6 Å². The van der Waals surface area contributed by atoms with Crippen molar-refractivity contribution < 1.29 is 8.42 Å². The van der Waals surface area contributed by atoms with E-state index in [1.165, 1.54) is 27.8 Å². The van der Waals surface area contributed by atoms with E-state index in [1.54, 1.807) is 19.2 Å². The van der Waals surface area contributed by atoms with Crippen LogP contribution in [0.1, 0.15) is 5.01 Å².